The van der Waals surface area contributed by atoms with Crippen molar-refractivity contribution in [2.24, 2.45) is 0 Å². The second-order valence-electron chi connectivity index (χ2n) is 2.14. The molecule has 3 nitrogen and oxygen atoms in total. The lowest BCUT2D eigenvalue weighted by Gasteiger charge is -1.98. The van der Waals surface area contributed by atoms with E-state index in [4.69, 9.17) is 0 Å². The number of hydrogen-bond donors (Lipinski definition) is 0. The van der Waals surface area contributed by atoms with E-state index in [1.165, 1.54) is 0 Å². The lowest BCUT2D eigenvalue weighted by molar-refractivity contribution is -0.130. The molecule has 0 aliphatic carbocycles. The number of carbonyl (C=O) groups excluding carboxylic acids is 2. The van der Waals surface area contributed by atoms with Gasteiger partial charge in [-0.25, -0.2) is 4.39 Å². The molecule has 0 atom stereocenters. The van der Waals surface area contributed by atoms with Crippen LogP contribution in [-0.4, -0.2) is 31.7 Å². The van der Waals surface area contributed by atoms with Crippen LogP contribution in [0, 0.1) is 0 Å². The fourth-order valence-electron chi connectivity index (χ4n) is 0.507. The molecule has 70 valence electrons. The average Bonchev–Trinajstić information content (AvgIpc) is 2.03. The molecule has 0 saturated heterocycles. The summed E-state index contributed by atoms with van der Waals surface area (Å²) in [5.74, 6) is -0.554. The van der Waals surface area contributed by atoms with Crippen LogP contribution in [0.5, 0.6) is 0 Å². The zero-order chi connectivity index (χ0) is 9.40. The number of Topliss-reactive ketones (excluding diaryl/α,β-unsaturated/α-hetero) is 1. The number of carbonyl (C=O) groups is 2. The van der Waals surface area contributed by atoms with Gasteiger partial charge in [-0.1, -0.05) is 0 Å². The van der Waals surface area contributed by atoms with Gasteiger partial charge in [0.1, 0.15) is 6.67 Å². The summed E-state index contributed by atoms with van der Waals surface area (Å²) in [5.41, 5.74) is 0. The zero-order valence-corrected chi connectivity index (χ0v) is 6.52. The van der Waals surface area contributed by atoms with Gasteiger partial charge >= 0.3 is 6.04 Å². The van der Waals surface area contributed by atoms with Crippen molar-refractivity contribution in [1.29, 1.82) is 0 Å². The van der Waals surface area contributed by atoms with Gasteiger partial charge in [-0.15, -0.1) is 0 Å². The Balaban J connectivity index is 3.11. The molecule has 0 aliphatic rings. The van der Waals surface area contributed by atoms with Crippen molar-refractivity contribution in [2.75, 3.05) is 19.9 Å². The molecule has 0 unspecified atom stereocenters. The van der Waals surface area contributed by atoms with Gasteiger partial charge in [0, 0.05) is 6.42 Å². The minimum absolute atomic E-state index is 0.0308. The molecule has 12 heavy (non-hydrogen) atoms. The van der Waals surface area contributed by atoms with Crippen molar-refractivity contribution < 1.29 is 23.1 Å². The standard InChI is InChI=1S/C7H10F2O3/c8-5-6(10)1-3-12-4-2-7(9)11/h1-5H2. The van der Waals surface area contributed by atoms with E-state index in [0.717, 1.165) is 0 Å². The van der Waals surface area contributed by atoms with E-state index in [2.05, 4.69) is 4.74 Å². The number of hydrogen-bond acceptors (Lipinski definition) is 3. The van der Waals surface area contributed by atoms with Crippen LogP contribution < -0.4 is 0 Å². The predicted octanol–water partition coefficient (Wildman–Crippen LogP) is 0.818. The molecule has 0 bridgehead atoms. The predicted molar refractivity (Wildman–Crippen MR) is 37.2 cm³/mol. The van der Waals surface area contributed by atoms with Crippen LogP contribution in [0.15, 0.2) is 0 Å². The molecule has 0 aromatic heterocycles. The molecule has 0 rings (SSSR count). The van der Waals surface area contributed by atoms with Crippen LogP contribution in [0.3, 0.4) is 0 Å². The minimum atomic E-state index is -1.45. The summed E-state index contributed by atoms with van der Waals surface area (Å²) in [6, 6.07) is -1.45. The lowest BCUT2D eigenvalue weighted by atomic mass is 10.3. The molecule has 0 N–H and O–H groups in total. The molecular formula is C7H10F2O3. The normalized spacial score (nSPS) is 9.83. The topological polar surface area (TPSA) is 43.4 Å². The summed E-state index contributed by atoms with van der Waals surface area (Å²) in [4.78, 5) is 20.0. The van der Waals surface area contributed by atoms with Gasteiger partial charge in [0.25, 0.3) is 0 Å². The first-order valence-electron chi connectivity index (χ1n) is 3.50. The molecule has 5 heteroatoms. The Hall–Kier alpha value is -0.840. The highest BCUT2D eigenvalue weighted by Gasteiger charge is 2.01. The van der Waals surface area contributed by atoms with Gasteiger partial charge in [0.2, 0.25) is 0 Å². The van der Waals surface area contributed by atoms with Crippen molar-refractivity contribution in [3.63, 3.8) is 0 Å². The van der Waals surface area contributed by atoms with Crippen molar-refractivity contribution >= 4 is 11.8 Å². The van der Waals surface area contributed by atoms with Crippen molar-refractivity contribution in [3.05, 3.63) is 0 Å². The van der Waals surface area contributed by atoms with Crippen LogP contribution in [0.25, 0.3) is 0 Å². The molecule has 0 spiro atoms. The molecular weight excluding hydrogens is 170 g/mol. The van der Waals surface area contributed by atoms with Crippen LogP contribution in [0.4, 0.5) is 8.78 Å². The third-order valence-corrected chi connectivity index (χ3v) is 1.12. The number of ketones is 1. The summed E-state index contributed by atoms with van der Waals surface area (Å²) in [5, 5.41) is 0. The first-order chi connectivity index (χ1) is 5.66. The first-order valence-corrected chi connectivity index (χ1v) is 3.50. The van der Waals surface area contributed by atoms with E-state index in [9.17, 15) is 18.4 Å². The third kappa shape index (κ3) is 7.27. The fourth-order valence-corrected chi connectivity index (χ4v) is 0.507. The van der Waals surface area contributed by atoms with Crippen molar-refractivity contribution in [2.45, 2.75) is 12.8 Å². The highest BCUT2D eigenvalue weighted by atomic mass is 19.1. The highest BCUT2D eigenvalue weighted by molar-refractivity contribution is 5.79. The largest absolute Gasteiger partial charge is 0.380 e. The van der Waals surface area contributed by atoms with E-state index in [1.807, 2.05) is 0 Å². The van der Waals surface area contributed by atoms with Crippen LogP contribution in [0.2, 0.25) is 0 Å². The second kappa shape index (κ2) is 6.84. The summed E-state index contributed by atoms with van der Waals surface area (Å²) in [6.45, 7) is -1.03. The van der Waals surface area contributed by atoms with Crippen molar-refractivity contribution in [3.8, 4) is 0 Å². The van der Waals surface area contributed by atoms with Crippen molar-refractivity contribution in [1.82, 2.24) is 0 Å². The van der Waals surface area contributed by atoms with Gasteiger partial charge in [-0.2, -0.15) is 4.39 Å². The smallest absolute Gasteiger partial charge is 0.303 e. The van der Waals surface area contributed by atoms with Gasteiger partial charge in [-0.05, 0) is 0 Å². The summed E-state index contributed by atoms with van der Waals surface area (Å²) >= 11 is 0. The van der Waals surface area contributed by atoms with Crippen LogP contribution in [0.1, 0.15) is 12.8 Å². The zero-order valence-electron chi connectivity index (χ0n) is 6.52. The lowest BCUT2D eigenvalue weighted by Crippen LogP contribution is -2.07. The molecule has 0 amide bonds. The van der Waals surface area contributed by atoms with E-state index >= 15 is 0 Å². The monoisotopic (exact) mass is 180 g/mol. The number of rotatable bonds is 7. The third-order valence-electron chi connectivity index (χ3n) is 1.12. The van der Waals surface area contributed by atoms with Crippen LogP contribution in [-0.2, 0) is 14.3 Å². The van der Waals surface area contributed by atoms with Gasteiger partial charge in [0.05, 0.1) is 19.6 Å². The number of halogens is 2. The molecule has 0 heterocycles. The Morgan fingerprint density at radius 1 is 1.17 bits per heavy atom. The second-order valence-corrected chi connectivity index (χ2v) is 2.14. The van der Waals surface area contributed by atoms with E-state index in [0.29, 0.717) is 0 Å². The van der Waals surface area contributed by atoms with Crippen LogP contribution >= 0.6 is 0 Å². The number of ether oxygens (including phenoxy) is 1. The molecule has 0 aromatic rings. The summed E-state index contributed by atoms with van der Waals surface area (Å²) < 4.78 is 27.7. The number of alkyl halides is 1. The Kier molecular flexibility index (Phi) is 6.37. The van der Waals surface area contributed by atoms with E-state index < -0.39 is 18.5 Å². The Bertz CT molecular complexity index is 159. The molecule has 0 saturated carbocycles. The minimum Gasteiger partial charge on any atom is -0.380 e. The molecule has 0 aliphatic heterocycles. The summed E-state index contributed by atoms with van der Waals surface area (Å²) in [6.07, 6.45) is -0.346. The maximum atomic E-state index is 11.5. The summed E-state index contributed by atoms with van der Waals surface area (Å²) in [7, 11) is 0. The quantitative estimate of drug-likeness (QED) is 0.430. The fraction of sp³-hybridized carbons (Fsp3) is 0.714. The van der Waals surface area contributed by atoms with Gasteiger partial charge in [0.15, 0.2) is 5.78 Å². The van der Waals surface area contributed by atoms with Gasteiger partial charge < -0.3 is 4.74 Å². The highest BCUT2D eigenvalue weighted by Crippen LogP contribution is 1.90. The SMILES string of the molecule is O=C(F)CCOCCC(=O)CF. The van der Waals surface area contributed by atoms with E-state index in [-0.39, 0.29) is 26.1 Å². The molecule has 0 aromatic carbocycles. The first kappa shape index (κ1) is 11.2. The Morgan fingerprint density at radius 2 is 1.75 bits per heavy atom. The van der Waals surface area contributed by atoms with Gasteiger partial charge in [-0.3, -0.25) is 9.59 Å². The Morgan fingerprint density at radius 3 is 2.25 bits per heavy atom. The molecule has 0 radical (unpaired) electrons. The maximum absolute atomic E-state index is 11.5. The van der Waals surface area contributed by atoms with E-state index in [1.54, 1.807) is 0 Å². The maximum Gasteiger partial charge on any atom is 0.303 e. The average molecular weight is 180 g/mol. The Labute approximate surface area is 68.7 Å². The molecule has 0 fully saturated rings.